The number of carboxylic acids is 1. The number of nitrogens with two attached hydrogens (primary N) is 1. The predicted octanol–water partition coefficient (Wildman–Crippen LogP) is 2.02. The number of carboxylic acid groups (broad SMARTS) is 1. The van der Waals surface area contributed by atoms with Crippen molar-refractivity contribution in [1.29, 1.82) is 0 Å². The highest BCUT2D eigenvalue weighted by atomic mass is 16.5. The minimum atomic E-state index is -1.28. The van der Waals surface area contributed by atoms with Gasteiger partial charge in [0.1, 0.15) is 5.75 Å². The van der Waals surface area contributed by atoms with E-state index in [2.05, 4.69) is 22.8 Å². The van der Waals surface area contributed by atoms with Gasteiger partial charge in [-0.3, -0.25) is 4.79 Å². The van der Waals surface area contributed by atoms with E-state index in [1.807, 2.05) is 12.1 Å². The zero-order chi connectivity index (χ0) is 24.1. The fourth-order valence-corrected chi connectivity index (χ4v) is 5.00. The van der Waals surface area contributed by atoms with Crippen molar-refractivity contribution in [3.8, 4) is 5.75 Å². The molecule has 8 nitrogen and oxygen atoms in total. The second-order valence-corrected chi connectivity index (χ2v) is 9.26. The molecule has 1 fully saturated rings. The third-order valence-corrected chi connectivity index (χ3v) is 6.94. The number of aromatic carboxylic acids is 1. The summed E-state index contributed by atoms with van der Waals surface area (Å²) in [5, 5.41) is 26.2. The Morgan fingerprint density at radius 1 is 1.06 bits per heavy atom. The van der Waals surface area contributed by atoms with E-state index >= 15 is 0 Å². The third kappa shape index (κ3) is 5.78. The average Bonchev–Trinajstić information content (AvgIpc) is 2.83. The molecule has 0 spiro atoms. The number of fused-ring (bicyclic) bond motifs is 1. The summed E-state index contributed by atoms with van der Waals surface area (Å²) in [6.07, 6.45) is 4.71. The van der Waals surface area contributed by atoms with Gasteiger partial charge in [-0.25, -0.2) is 4.79 Å². The van der Waals surface area contributed by atoms with Crippen LogP contribution in [0.25, 0.3) is 0 Å². The standard InChI is InChI=1S/C25H32BN3O5/c27-14-18-4-1-2-5-19(18)15-28-20-10-8-16(9-11-20)12-23(30)29-22-13-17-6-3-7-21(25(31)32)24(17)34-26(22)33/h1-7,16,20,22,28,33H,8-15,27H2,(H,29,30)(H,31,32)/t16-,20-,22-/m0/s1. The minimum absolute atomic E-state index is 0.0122. The lowest BCUT2D eigenvalue weighted by Crippen LogP contribution is -2.53. The monoisotopic (exact) mass is 465 g/mol. The number of benzene rings is 2. The van der Waals surface area contributed by atoms with Crippen molar-refractivity contribution < 1.29 is 24.4 Å². The van der Waals surface area contributed by atoms with Gasteiger partial charge in [-0.2, -0.15) is 0 Å². The first-order valence-electron chi connectivity index (χ1n) is 11.9. The van der Waals surface area contributed by atoms with Crippen molar-refractivity contribution in [3.63, 3.8) is 0 Å². The molecule has 1 aliphatic heterocycles. The Balaban J connectivity index is 1.23. The van der Waals surface area contributed by atoms with Gasteiger partial charge in [0.2, 0.25) is 5.91 Å². The van der Waals surface area contributed by atoms with Gasteiger partial charge in [0.05, 0.1) is 11.5 Å². The van der Waals surface area contributed by atoms with E-state index in [0.29, 0.717) is 36.9 Å². The quantitative estimate of drug-likeness (QED) is 0.377. The number of hydrogen-bond acceptors (Lipinski definition) is 6. The van der Waals surface area contributed by atoms with Crippen LogP contribution in [0, 0.1) is 5.92 Å². The second kappa shape index (κ2) is 11.0. The van der Waals surface area contributed by atoms with Crippen LogP contribution in [0.1, 0.15) is 59.2 Å². The van der Waals surface area contributed by atoms with Crippen molar-refractivity contribution >= 4 is 19.0 Å². The van der Waals surface area contributed by atoms with E-state index < -0.39 is 19.0 Å². The van der Waals surface area contributed by atoms with Crippen LogP contribution in [0.3, 0.4) is 0 Å². The zero-order valence-electron chi connectivity index (χ0n) is 19.2. The maximum atomic E-state index is 12.7. The average molecular weight is 465 g/mol. The molecule has 1 amide bonds. The minimum Gasteiger partial charge on any atom is -0.534 e. The third-order valence-electron chi connectivity index (χ3n) is 6.94. The maximum absolute atomic E-state index is 12.7. The number of hydrogen-bond donors (Lipinski definition) is 5. The van der Waals surface area contributed by atoms with E-state index in [0.717, 1.165) is 37.8 Å². The normalized spacial score (nSPS) is 21.9. The van der Waals surface area contributed by atoms with Gasteiger partial charge >= 0.3 is 13.1 Å². The molecule has 2 aliphatic rings. The molecule has 34 heavy (non-hydrogen) atoms. The number of carbonyl (C=O) groups excluding carboxylic acids is 1. The smallest absolute Gasteiger partial charge is 0.534 e. The van der Waals surface area contributed by atoms with Gasteiger partial charge < -0.3 is 31.2 Å². The molecule has 0 unspecified atom stereocenters. The van der Waals surface area contributed by atoms with Gasteiger partial charge in [-0.05, 0) is 60.8 Å². The largest absolute Gasteiger partial charge is 0.547 e. The lowest BCUT2D eigenvalue weighted by atomic mass is 9.72. The molecule has 180 valence electrons. The molecule has 4 rings (SSSR count). The topological polar surface area (TPSA) is 134 Å². The van der Waals surface area contributed by atoms with E-state index in [1.165, 1.54) is 11.6 Å². The first kappa shape index (κ1) is 24.3. The molecule has 1 saturated carbocycles. The zero-order valence-corrected chi connectivity index (χ0v) is 19.2. The molecule has 1 aliphatic carbocycles. The van der Waals surface area contributed by atoms with Gasteiger partial charge in [-0.15, -0.1) is 0 Å². The second-order valence-electron chi connectivity index (χ2n) is 9.26. The van der Waals surface area contributed by atoms with E-state index in [1.54, 1.807) is 12.1 Å². The number of carbonyl (C=O) groups is 2. The first-order chi connectivity index (χ1) is 16.4. The number of nitrogens with one attached hydrogen (secondary N) is 2. The summed E-state index contributed by atoms with van der Waals surface area (Å²) in [5.74, 6) is -1.35. The molecule has 1 heterocycles. The number of para-hydroxylation sites is 1. The molecule has 6 N–H and O–H groups in total. The molecule has 0 saturated heterocycles. The molecule has 0 aromatic heterocycles. The summed E-state index contributed by atoms with van der Waals surface area (Å²) < 4.78 is 5.47. The summed E-state index contributed by atoms with van der Waals surface area (Å²) in [4.78, 5) is 24.1. The Bertz CT molecular complexity index is 1030. The Labute approximate surface area is 200 Å². The molecular formula is C25H32BN3O5. The van der Waals surface area contributed by atoms with Crippen LogP contribution in [0.5, 0.6) is 5.75 Å². The number of rotatable bonds is 8. The predicted molar refractivity (Wildman–Crippen MR) is 129 cm³/mol. The lowest BCUT2D eigenvalue weighted by molar-refractivity contribution is -0.122. The molecule has 2 aromatic carbocycles. The highest BCUT2D eigenvalue weighted by Crippen LogP contribution is 2.31. The Hall–Kier alpha value is -2.88. The summed E-state index contributed by atoms with van der Waals surface area (Å²) in [7, 11) is -1.28. The van der Waals surface area contributed by atoms with Crippen LogP contribution in [-0.4, -0.2) is 41.1 Å². The van der Waals surface area contributed by atoms with E-state index in [9.17, 15) is 19.7 Å². The van der Waals surface area contributed by atoms with Crippen molar-refractivity contribution in [2.75, 3.05) is 0 Å². The van der Waals surface area contributed by atoms with Crippen LogP contribution >= 0.6 is 0 Å². The van der Waals surface area contributed by atoms with E-state index in [4.69, 9.17) is 10.4 Å². The molecule has 0 bridgehead atoms. The van der Waals surface area contributed by atoms with Gasteiger partial charge in [0.25, 0.3) is 0 Å². The van der Waals surface area contributed by atoms with Crippen molar-refractivity contribution in [1.82, 2.24) is 10.6 Å². The molecular weight excluding hydrogens is 433 g/mol. The lowest BCUT2D eigenvalue weighted by Gasteiger charge is -2.31. The van der Waals surface area contributed by atoms with Gasteiger partial charge in [-0.1, -0.05) is 36.4 Å². The Morgan fingerprint density at radius 2 is 1.79 bits per heavy atom. The Kier molecular flexibility index (Phi) is 7.87. The molecule has 0 radical (unpaired) electrons. The van der Waals surface area contributed by atoms with Crippen LogP contribution < -0.4 is 21.0 Å². The molecule has 9 heteroatoms. The fourth-order valence-electron chi connectivity index (χ4n) is 5.00. The molecule has 2 aromatic rings. The fraction of sp³-hybridized carbons (Fsp3) is 0.440. The van der Waals surface area contributed by atoms with Crippen LogP contribution in [-0.2, 0) is 24.3 Å². The number of amides is 1. The highest BCUT2D eigenvalue weighted by Gasteiger charge is 2.38. The van der Waals surface area contributed by atoms with Gasteiger partial charge in [0.15, 0.2) is 0 Å². The Morgan fingerprint density at radius 3 is 2.50 bits per heavy atom. The van der Waals surface area contributed by atoms with Crippen molar-refractivity contribution in [2.45, 2.75) is 63.6 Å². The summed E-state index contributed by atoms with van der Waals surface area (Å²) >= 11 is 0. The highest BCUT2D eigenvalue weighted by molar-refractivity contribution is 6.47. The van der Waals surface area contributed by atoms with Crippen molar-refractivity contribution in [2.24, 2.45) is 11.7 Å². The van der Waals surface area contributed by atoms with E-state index in [-0.39, 0.29) is 17.2 Å². The van der Waals surface area contributed by atoms with Crippen LogP contribution in [0.2, 0.25) is 0 Å². The maximum Gasteiger partial charge on any atom is 0.547 e. The summed E-state index contributed by atoms with van der Waals surface area (Å²) in [6, 6.07) is 13.5. The molecule has 1 atom stereocenters. The SMILES string of the molecule is NCc1ccccc1CN[C@H]1CC[C@H](CC(=O)N[C@H]2Cc3cccc(C(=O)O)c3OB2O)CC1. The summed E-state index contributed by atoms with van der Waals surface area (Å²) in [5.41, 5.74) is 8.90. The first-order valence-corrected chi connectivity index (χ1v) is 11.9. The van der Waals surface area contributed by atoms with Crippen LogP contribution in [0.4, 0.5) is 0 Å². The van der Waals surface area contributed by atoms with Crippen LogP contribution in [0.15, 0.2) is 42.5 Å². The summed E-state index contributed by atoms with van der Waals surface area (Å²) in [6.45, 7) is 1.33. The van der Waals surface area contributed by atoms with Crippen molar-refractivity contribution in [3.05, 3.63) is 64.7 Å². The van der Waals surface area contributed by atoms with Gasteiger partial charge in [0, 0.05) is 25.6 Å².